The van der Waals surface area contributed by atoms with Gasteiger partial charge in [-0.05, 0) is 44.6 Å². The van der Waals surface area contributed by atoms with Crippen LogP contribution in [0.2, 0.25) is 0 Å². The van der Waals surface area contributed by atoms with Crippen molar-refractivity contribution < 1.29 is 17.9 Å². The Morgan fingerprint density at radius 2 is 2.07 bits per heavy atom. The minimum atomic E-state index is -4.76. The normalized spacial score (nSPS) is 11.5. The van der Waals surface area contributed by atoms with Gasteiger partial charge in [-0.2, -0.15) is 0 Å². The van der Waals surface area contributed by atoms with E-state index >= 15 is 0 Å². The van der Waals surface area contributed by atoms with Crippen LogP contribution in [-0.2, 0) is 0 Å². The monoisotopic (exact) mass is 382 g/mol. The lowest BCUT2D eigenvalue weighted by atomic mass is 10.4. The van der Waals surface area contributed by atoms with E-state index in [4.69, 9.17) is 5.73 Å². The number of hydrogen-bond donors (Lipinski definition) is 1. The molecule has 1 heterocycles. The molecule has 0 amide bonds. The molecular formula is C6H3BrF3IN2O. The van der Waals surface area contributed by atoms with Crippen molar-refractivity contribution in [3.05, 3.63) is 14.2 Å². The van der Waals surface area contributed by atoms with Gasteiger partial charge in [-0.3, -0.25) is 0 Å². The number of hydrogen-bond acceptors (Lipinski definition) is 3. The highest BCUT2D eigenvalue weighted by Gasteiger charge is 2.33. The van der Waals surface area contributed by atoms with Gasteiger partial charge in [0.25, 0.3) is 0 Å². The maximum absolute atomic E-state index is 11.9. The van der Waals surface area contributed by atoms with E-state index in [0.29, 0.717) is 4.60 Å². The predicted molar refractivity (Wildman–Crippen MR) is 55.7 cm³/mol. The van der Waals surface area contributed by atoms with Crippen LogP contribution in [0, 0.1) is 3.57 Å². The van der Waals surface area contributed by atoms with Crippen LogP contribution in [0.3, 0.4) is 0 Å². The molecule has 0 aromatic carbocycles. The van der Waals surface area contributed by atoms with Gasteiger partial charge in [0.15, 0.2) is 11.6 Å². The molecule has 0 saturated carbocycles. The Labute approximate surface area is 99.1 Å². The second-order valence-corrected chi connectivity index (χ2v) is 4.16. The van der Waals surface area contributed by atoms with Crippen molar-refractivity contribution in [2.24, 2.45) is 0 Å². The number of nitrogens with two attached hydrogens (primary N) is 1. The van der Waals surface area contributed by atoms with Crippen molar-refractivity contribution in [2.45, 2.75) is 6.36 Å². The van der Waals surface area contributed by atoms with Gasteiger partial charge in [-0.15, -0.1) is 13.2 Å². The van der Waals surface area contributed by atoms with Crippen LogP contribution in [0.4, 0.5) is 19.0 Å². The number of aromatic nitrogens is 1. The minimum absolute atomic E-state index is 0.235. The lowest BCUT2D eigenvalue weighted by Gasteiger charge is -2.12. The first-order chi connectivity index (χ1) is 6.29. The third-order valence-corrected chi connectivity index (χ3v) is 2.35. The molecule has 0 bridgehead atoms. The van der Waals surface area contributed by atoms with Crippen LogP contribution in [-0.4, -0.2) is 11.3 Å². The molecule has 14 heavy (non-hydrogen) atoms. The Hall–Kier alpha value is -0.250. The minimum Gasteiger partial charge on any atom is -0.401 e. The summed E-state index contributed by atoms with van der Waals surface area (Å²) in [6.07, 6.45) is -4.76. The van der Waals surface area contributed by atoms with Gasteiger partial charge in [0, 0.05) is 0 Å². The SMILES string of the molecule is Nc1nc(Br)cc(I)c1OC(F)(F)F. The standard InChI is InChI=1S/C6H3BrF3IN2O/c7-3-1-2(11)4(5(12)13-3)14-6(8,9)10/h1H,(H2,12,13). The molecule has 2 N–H and O–H groups in total. The molecule has 0 spiro atoms. The molecule has 0 fully saturated rings. The third-order valence-electron chi connectivity index (χ3n) is 1.14. The van der Waals surface area contributed by atoms with E-state index in [-0.39, 0.29) is 9.39 Å². The summed E-state index contributed by atoms with van der Waals surface area (Å²) in [4.78, 5) is 3.58. The summed E-state index contributed by atoms with van der Waals surface area (Å²) in [5.74, 6) is -0.776. The molecule has 0 aliphatic carbocycles. The molecule has 0 saturated heterocycles. The fraction of sp³-hybridized carbons (Fsp3) is 0.167. The van der Waals surface area contributed by atoms with Gasteiger partial charge >= 0.3 is 6.36 Å². The van der Waals surface area contributed by atoms with Gasteiger partial charge in [0.1, 0.15) is 4.60 Å². The Morgan fingerprint density at radius 1 is 1.50 bits per heavy atom. The first kappa shape index (κ1) is 11.8. The molecule has 1 rings (SSSR count). The van der Waals surface area contributed by atoms with E-state index in [0.717, 1.165) is 0 Å². The molecule has 0 aliphatic rings. The second kappa shape index (κ2) is 4.09. The summed E-state index contributed by atoms with van der Waals surface area (Å²) < 4.78 is 39.9. The van der Waals surface area contributed by atoms with Crippen molar-refractivity contribution in [1.29, 1.82) is 0 Å². The number of rotatable bonds is 1. The Bertz CT molecular complexity index is 334. The van der Waals surface area contributed by atoms with Crippen molar-refractivity contribution in [2.75, 3.05) is 5.73 Å². The molecular weight excluding hydrogens is 380 g/mol. The van der Waals surface area contributed by atoms with Crippen LogP contribution in [0.1, 0.15) is 0 Å². The summed E-state index contributed by atoms with van der Waals surface area (Å²) in [6, 6.07) is 1.37. The van der Waals surface area contributed by atoms with Crippen molar-refractivity contribution in [3.63, 3.8) is 0 Å². The lowest BCUT2D eigenvalue weighted by Crippen LogP contribution is -2.19. The molecule has 78 valence electrons. The number of anilines is 1. The smallest absolute Gasteiger partial charge is 0.401 e. The van der Waals surface area contributed by atoms with Crippen molar-refractivity contribution in [1.82, 2.24) is 4.98 Å². The van der Waals surface area contributed by atoms with E-state index in [1.807, 2.05) is 0 Å². The van der Waals surface area contributed by atoms with Crippen LogP contribution >= 0.6 is 38.5 Å². The van der Waals surface area contributed by atoms with Gasteiger partial charge in [-0.25, -0.2) is 4.98 Å². The summed E-state index contributed by atoms with van der Waals surface area (Å²) in [6.45, 7) is 0. The highest BCUT2D eigenvalue weighted by Crippen LogP contribution is 2.33. The maximum Gasteiger partial charge on any atom is 0.573 e. The van der Waals surface area contributed by atoms with E-state index in [9.17, 15) is 13.2 Å². The van der Waals surface area contributed by atoms with Gasteiger partial charge in [0.05, 0.1) is 3.57 Å². The van der Waals surface area contributed by atoms with E-state index < -0.39 is 12.1 Å². The van der Waals surface area contributed by atoms with E-state index in [1.54, 1.807) is 22.6 Å². The molecule has 8 heteroatoms. The molecule has 0 atom stereocenters. The topological polar surface area (TPSA) is 48.1 Å². The maximum atomic E-state index is 11.9. The molecule has 1 aromatic heterocycles. The molecule has 0 aliphatic heterocycles. The molecule has 0 radical (unpaired) electrons. The summed E-state index contributed by atoms with van der Waals surface area (Å²) >= 11 is 4.67. The number of nitrogen functional groups attached to an aromatic ring is 1. The Kier molecular flexibility index (Phi) is 3.45. The summed E-state index contributed by atoms with van der Waals surface area (Å²) in [5, 5.41) is 0. The average molecular weight is 383 g/mol. The average Bonchev–Trinajstić information content (AvgIpc) is 1.95. The van der Waals surface area contributed by atoms with E-state index in [1.165, 1.54) is 6.07 Å². The quantitative estimate of drug-likeness (QED) is 0.600. The van der Waals surface area contributed by atoms with Crippen molar-refractivity contribution >= 4 is 44.3 Å². The van der Waals surface area contributed by atoms with Crippen LogP contribution in [0.25, 0.3) is 0 Å². The van der Waals surface area contributed by atoms with Crippen molar-refractivity contribution in [3.8, 4) is 5.75 Å². The fourth-order valence-electron chi connectivity index (χ4n) is 0.707. The molecule has 3 nitrogen and oxygen atoms in total. The lowest BCUT2D eigenvalue weighted by molar-refractivity contribution is -0.274. The zero-order valence-electron chi connectivity index (χ0n) is 6.40. The second-order valence-electron chi connectivity index (χ2n) is 2.19. The van der Waals surface area contributed by atoms with Crippen LogP contribution in [0.15, 0.2) is 10.7 Å². The number of alkyl halides is 3. The van der Waals surface area contributed by atoms with Gasteiger partial charge in [0.2, 0.25) is 0 Å². The largest absolute Gasteiger partial charge is 0.573 e. The van der Waals surface area contributed by atoms with Crippen LogP contribution in [0.5, 0.6) is 5.75 Å². The number of pyridine rings is 1. The van der Waals surface area contributed by atoms with Gasteiger partial charge < -0.3 is 10.5 Å². The Morgan fingerprint density at radius 3 is 2.50 bits per heavy atom. The Balaban J connectivity index is 3.09. The molecule has 0 unspecified atom stereocenters. The zero-order chi connectivity index (χ0) is 10.9. The van der Waals surface area contributed by atoms with E-state index in [2.05, 4.69) is 25.7 Å². The van der Waals surface area contributed by atoms with Gasteiger partial charge in [-0.1, -0.05) is 0 Å². The fourth-order valence-corrected chi connectivity index (χ4v) is 2.24. The summed E-state index contributed by atoms with van der Waals surface area (Å²) in [5.41, 5.74) is 5.26. The van der Waals surface area contributed by atoms with Crippen LogP contribution < -0.4 is 10.5 Å². The predicted octanol–water partition coefficient (Wildman–Crippen LogP) is 2.93. The first-order valence-corrected chi connectivity index (χ1v) is 5.04. The number of nitrogens with zero attached hydrogens (tertiary/aromatic N) is 1. The zero-order valence-corrected chi connectivity index (χ0v) is 10.1. The highest BCUT2D eigenvalue weighted by atomic mass is 127. The summed E-state index contributed by atoms with van der Waals surface area (Å²) in [7, 11) is 0. The third kappa shape index (κ3) is 3.15. The first-order valence-electron chi connectivity index (χ1n) is 3.17. The molecule has 1 aromatic rings. The highest BCUT2D eigenvalue weighted by molar-refractivity contribution is 14.1. The number of halogens is 5. The number of ether oxygens (including phenoxy) is 1.